The third-order valence-electron chi connectivity index (χ3n) is 2.85. The molecule has 0 aromatic heterocycles. The van der Waals surface area contributed by atoms with Crippen LogP contribution in [0.1, 0.15) is 22.8 Å². The largest absolute Gasteiger partial charge is 0.493 e. The van der Waals surface area contributed by atoms with E-state index in [0.29, 0.717) is 23.6 Å². The van der Waals surface area contributed by atoms with Crippen LogP contribution in [-0.2, 0) is 11.3 Å². The van der Waals surface area contributed by atoms with E-state index >= 15 is 0 Å². The molecule has 0 spiro atoms. The van der Waals surface area contributed by atoms with Crippen molar-refractivity contribution in [3.63, 3.8) is 0 Å². The molecule has 110 valence electrons. The van der Waals surface area contributed by atoms with Gasteiger partial charge < -0.3 is 15.2 Å². The number of nitrogens with two attached hydrogens (primary N) is 1. The van der Waals surface area contributed by atoms with Gasteiger partial charge in [0, 0.05) is 5.69 Å². The third-order valence-corrected chi connectivity index (χ3v) is 2.85. The Hall–Kier alpha value is -2.56. The molecular formula is C16H16FNO3. The summed E-state index contributed by atoms with van der Waals surface area (Å²) in [6, 6.07) is 10.7. The minimum absolute atomic E-state index is 0.0407. The number of nitrogen functional groups attached to an aromatic ring is 1. The van der Waals surface area contributed by atoms with Crippen molar-refractivity contribution in [2.24, 2.45) is 0 Å². The molecule has 0 saturated carbocycles. The average Bonchev–Trinajstić information content (AvgIpc) is 2.47. The van der Waals surface area contributed by atoms with Crippen molar-refractivity contribution in [2.45, 2.75) is 13.5 Å². The summed E-state index contributed by atoms with van der Waals surface area (Å²) in [6.45, 7) is 2.28. The maximum absolute atomic E-state index is 12.8. The van der Waals surface area contributed by atoms with Crippen molar-refractivity contribution < 1.29 is 18.7 Å². The summed E-state index contributed by atoms with van der Waals surface area (Å²) >= 11 is 0. The highest BCUT2D eigenvalue weighted by atomic mass is 19.1. The molecule has 0 amide bonds. The second kappa shape index (κ2) is 6.74. The van der Waals surface area contributed by atoms with Crippen LogP contribution < -0.4 is 10.5 Å². The van der Waals surface area contributed by atoms with Crippen LogP contribution in [0.5, 0.6) is 5.75 Å². The summed E-state index contributed by atoms with van der Waals surface area (Å²) in [5.41, 5.74) is 7.01. The molecule has 4 nitrogen and oxygen atoms in total. The van der Waals surface area contributed by atoms with Gasteiger partial charge >= 0.3 is 5.97 Å². The van der Waals surface area contributed by atoms with Crippen LogP contribution in [0.25, 0.3) is 0 Å². The molecule has 0 bridgehead atoms. The Bertz CT molecular complexity index is 626. The van der Waals surface area contributed by atoms with Crippen molar-refractivity contribution in [1.29, 1.82) is 0 Å². The van der Waals surface area contributed by atoms with Crippen LogP contribution in [0.15, 0.2) is 42.5 Å². The Morgan fingerprint density at radius 1 is 1.19 bits per heavy atom. The van der Waals surface area contributed by atoms with E-state index in [0.717, 1.165) is 0 Å². The van der Waals surface area contributed by atoms with E-state index in [9.17, 15) is 9.18 Å². The van der Waals surface area contributed by atoms with Crippen LogP contribution in [0.3, 0.4) is 0 Å². The Kier molecular flexibility index (Phi) is 4.77. The van der Waals surface area contributed by atoms with E-state index in [1.54, 1.807) is 30.3 Å². The highest BCUT2D eigenvalue weighted by Gasteiger charge is 2.17. The van der Waals surface area contributed by atoms with Crippen molar-refractivity contribution in [3.8, 4) is 5.75 Å². The van der Waals surface area contributed by atoms with Crippen molar-refractivity contribution in [2.75, 3.05) is 12.3 Å². The van der Waals surface area contributed by atoms with E-state index in [2.05, 4.69) is 0 Å². The van der Waals surface area contributed by atoms with Crippen LogP contribution in [0, 0.1) is 5.82 Å². The Labute approximate surface area is 122 Å². The molecular weight excluding hydrogens is 273 g/mol. The summed E-state index contributed by atoms with van der Waals surface area (Å²) < 4.78 is 23.4. The number of benzene rings is 2. The minimum atomic E-state index is -0.569. The van der Waals surface area contributed by atoms with Crippen molar-refractivity contribution >= 4 is 11.7 Å². The van der Waals surface area contributed by atoms with Gasteiger partial charge in [0.15, 0.2) is 0 Å². The topological polar surface area (TPSA) is 61.5 Å². The number of ether oxygens (including phenoxy) is 2. The molecule has 0 aliphatic rings. The Balaban J connectivity index is 2.11. The van der Waals surface area contributed by atoms with Crippen LogP contribution >= 0.6 is 0 Å². The molecule has 0 radical (unpaired) electrons. The SMILES string of the molecule is CCOc1cccc(N)c1C(=O)OCc1ccc(F)cc1. The molecule has 0 aliphatic heterocycles. The standard InChI is InChI=1S/C16H16FNO3/c1-2-20-14-5-3-4-13(18)15(14)16(19)21-10-11-6-8-12(17)9-7-11/h3-9H,2,10,18H2,1H3. The molecule has 0 heterocycles. The normalized spacial score (nSPS) is 10.2. The van der Waals surface area contributed by atoms with Gasteiger partial charge in [-0.05, 0) is 36.8 Å². The average molecular weight is 289 g/mol. The van der Waals surface area contributed by atoms with E-state index in [4.69, 9.17) is 15.2 Å². The molecule has 0 unspecified atom stereocenters. The maximum Gasteiger partial charge on any atom is 0.344 e. The first-order chi connectivity index (χ1) is 10.1. The van der Waals surface area contributed by atoms with Gasteiger partial charge in [-0.15, -0.1) is 0 Å². The molecule has 2 rings (SSSR count). The third kappa shape index (κ3) is 3.72. The summed E-state index contributed by atoms with van der Waals surface area (Å²) in [4.78, 5) is 12.1. The van der Waals surface area contributed by atoms with Gasteiger partial charge in [0.25, 0.3) is 0 Å². The molecule has 21 heavy (non-hydrogen) atoms. The first-order valence-electron chi connectivity index (χ1n) is 6.54. The maximum atomic E-state index is 12.8. The van der Waals surface area contributed by atoms with E-state index in [1.807, 2.05) is 6.92 Å². The summed E-state index contributed by atoms with van der Waals surface area (Å²) in [7, 11) is 0. The molecule has 0 saturated heterocycles. The Morgan fingerprint density at radius 3 is 2.57 bits per heavy atom. The van der Waals surface area contributed by atoms with Gasteiger partial charge in [0.2, 0.25) is 0 Å². The fraction of sp³-hybridized carbons (Fsp3) is 0.188. The first-order valence-corrected chi connectivity index (χ1v) is 6.54. The number of rotatable bonds is 5. The first kappa shape index (κ1) is 14.8. The monoisotopic (exact) mass is 289 g/mol. The lowest BCUT2D eigenvalue weighted by Gasteiger charge is -2.12. The number of carbonyl (C=O) groups excluding carboxylic acids is 1. The van der Waals surface area contributed by atoms with Crippen LogP contribution in [-0.4, -0.2) is 12.6 Å². The molecule has 0 fully saturated rings. The highest BCUT2D eigenvalue weighted by molar-refractivity contribution is 5.98. The van der Waals surface area contributed by atoms with Gasteiger partial charge in [-0.1, -0.05) is 18.2 Å². The summed E-state index contributed by atoms with van der Waals surface area (Å²) in [6.07, 6.45) is 0. The number of hydrogen-bond acceptors (Lipinski definition) is 4. The van der Waals surface area contributed by atoms with Gasteiger partial charge in [-0.3, -0.25) is 0 Å². The predicted octanol–water partition coefficient (Wildman–Crippen LogP) is 3.16. The van der Waals surface area contributed by atoms with E-state index in [-0.39, 0.29) is 18.0 Å². The van der Waals surface area contributed by atoms with Crippen LogP contribution in [0.4, 0.5) is 10.1 Å². The van der Waals surface area contributed by atoms with Crippen molar-refractivity contribution in [1.82, 2.24) is 0 Å². The second-order valence-corrected chi connectivity index (χ2v) is 4.36. The zero-order chi connectivity index (χ0) is 15.2. The second-order valence-electron chi connectivity index (χ2n) is 4.36. The molecule has 2 aromatic rings. The quantitative estimate of drug-likeness (QED) is 0.678. The van der Waals surface area contributed by atoms with E-state index < -0.39 is 5.97 Å². The predicted molar refractivity (Wildman–Crippen MR) is 77.5 cm³/mol. The minimum Gasteiger partial charge on any atom is -0.493 e. The number of esters is 1. The summed E-state index contributed by atoms with van der Waals surface area (Å²) in [5.74, 6) is -0.515. The Morgan fingerprint density at radius 2 is 1.90 bits per heavy atom. The molecule has 2 N–H and O–H groups in total. The van der Waals surface area contributed by atoms with Gasteiger partial charge in [-0.25, -0.2) is 9.18 Å². The highest BCUT2D eigenvalue weighted by Crippen LogP contribution is 2.25. The van der Waals surface area contributed by atoms with Gasteiger partial charge in [-0.2, -0.15) is 0 Å². The molecule has 0 atom stereocenters. The molecule has 0 aliphatic carbocycles. The number of carbonyl (C=O) groups is 1. The zero-order valence-electron chi connectivity index (χ0n) is 11.6. The lowest BCUT2D eigenvalue weighted by Crippen LogP contribution is -2.11. The van der Waals surface area contributed by atoms with Gasteiger partial charge in [0.1, 0.15) is 23.7 Å². The number of hydrogen-bond donors (Lipinski definition) is 1. The lowest BCUT2D eigenvalue weighted by molar-refractivity contribution is 0.0469. The molecule has 5 heteroatoms. The zero-order valence-corrected chi connectivity index (χ0v) is 11.6. The fourth-order valence-corrected chi connectivity index (χ4v) is 1.84. The fourth-order valence-electron chi connectivity index (χ4n) is 1.84. The summed E-state index contributed by atoms with van der Waals surface area (Å²) in [5, 5.41) is 0. The number of anilines is 1. The lowest BCUT2D eigenvalue weighted by atomic mass is 10.1. The van der Waals surface area contributed by atoms with Crippen molar-refractivity contribution in [3.05, 3.63) is 59.4 Å². The molecule has 2 aromatic carbocycles. The van der Waals surface area contributed by atoms with Gasteiger partial charge in [0.05, 0.1) is 6.61 Å². The van der Waals surface area contributed by atoms with E-state index in [1.165, 1.54) is 12.1 Å². The smallest absolute Gasteiger partial charge is 0.344 e. The van der Waals surface area contributed by atoms with Crippen LogP contribution in [0.2, 0.25) is 0 Å². The number of halogens is 1.